The molecule has 0 amide bonds. The molecule has 6 nitrogen and oxygen atoms in total. The molecule has 2 saturated heterocycles. The average molecular weight is 502 g/mol. The molecule has 2 aliphatic heterocycles. The molecule has 2 N–H and O–H groups in total. The topological polar surface area (TPSA) is 58.1 Å². The number of guanidine groups is 1. The molecule has 158 valence electrons. The van der Waals surface area contributed by atoms with Gasteiger partial charge < -0.3 is 20.1 Å². The van der Waals surface area contributed by atoms with Gasteiger partial charge in [-0.25, -0.2) is 0 Å². The number of hydrogen-bond acceptors (Lipinski definition) is 4. The van der Waals surface area contributed by atoms with Crippen LogP contribution in [0.25, 0.3) is 0 Å². The van der Waals surface area contributed by atoms with Crippen molar-refractivity contribution in [2.24, 2.45) is 4.99 Å². The van der Waals surface area contributed by atoms with Crippen molar-refractivity contribution in [2.45, 2.75) is 25.2 Å². The van der Waals surface area contributed by atoms with E-state index in [0.717, 1.165) is 78.0 Å². The van der Waals surface area contributed by atoms with Gasteiger partial charge in [-0.2, -0.15) is 0 Å². The fourth-order valence-corrected chi connectivity index (χ4v) is 4.10. The normalized spacial score (nSPS) is 20.3. The van der Waals surface area contributed by atoms with Crippen molar-refractivity contribution < 1.29 is 9.47 Å². The standard InChI is InChI=1S/C21H34N4O2.HI/c1-18-5-3-4-6-19(18)21(7-13-26-14-8-21)17-24-20(22-2)23-9-10-25-11-15-27-16-12-25;/h3-6H,7-17H2,1-2H3,(H2,22,23,24);1H. The summed E-state index contributed by atoms with van der Waals surface area (Å²) in [6.45, 7) is 10.3. The van der Waals surface area contributed by atoms with Gasteiger partial charge in [0.2, 0.25) is 0 Å². The lowest BCUT2D eigenvalue weighted by Gasteiger charge is -2.39. The first-order valence-electron chi connectivity index (χ1n) is 10.1. The zero-order valence-corrected chi connectivity index (χ0v) is 19.5. The van der Waals surface area contributed by atoms with Crippen molar-refractivity contribution in [3.63, 3.8) is 0 Å². The highest BCUT2D eigenvalue weighted by atomic mass is 127. The maximum absolute atomic E-state index is 5.66. The summed E-state index contributed by atoms with van der Waals surface area (Å²) in [5.41, 5.74) is 2.90. The Hall–Kier alpha value is -0.900. The number of aliphatic imine (C=N–C) groups is 1. The zero-order valence-electron chi connectivity index (χ0n) is 17.2. The molecule has 28 heavy (non-hydrogen) atoms. The molecule has 0 radical (unpaired) electrons. The van der Waals surface area contributed by atoms with E-state index in [1.54, 1.807) is 0 Å². The quantitative estimate of drug-likeness (QED) is 0.355. The van der Waals surface area contributed by atoms with Gasteiger partial charge >= 0.3 is 0 Å². The minimum absolute atomic E-state index is 0. The van der Waals surface area contributed by atoms with Gasteiger partial charge in [0.1, 0.15) is 0 Å². The van der Waals surface area contributed by atoms with Crippen molar-refractivity contribution in [3.05, 3.63) is 35.4 Å². The van der Waals surface area contributed by atoms with Gasteiger partial charge in [0.05, 0.1) is 13.2 Å². The van der Waals surface area contributed by atoms with Gasteiger partial charge in [0, 0.05) is 58.4 Å². The van der Waals surface area contributed by atoms with Crippen LogP contribution in [0.4, 0.5) is 0 Å². The van der Waals surface area contributed by atoms with E-state index in [-0.39, 0.29) is 29.4 Å². The Labute approximate surface area is 186 Å². The van der Waals surface area contributed by atoms with Crippen LogP contribution in [-0.4, -0.2) is 77.1 Å². The number of benzene rings is 1. The fourth-order valence-electron chi connectivity index (χ4n) is 4.10. The fraction of sp³-hybridized carbons (Fsp3) is 0.667. The third-order valence-electron chi connectivity index (χ3n) is 5.81. The molecule has 0 atom stereocenters. The minimum Gasteiger partial charge on any atom is -0.381 e. The highest BCUT2D eigenvalue weighted by Crippen LogP contribution is 2.36. The Morgan fingerprint density at radius 2 is 1.75 bits per heavy atom. The van der Waals surface area contributed by atoms with Crippen LogP contribution >= 0.6 is 24.0 Å². The lowest BCUT2D eigenvalue weighted by Crippen LogP contribution is -2.49. The Morgan fingerprint density at radius 3 is 2.43 bits per heavy atom. The Bertz CT molecular complexity index is 614. The maximum Gasteiger partial charge on any atom is 0.191 e. The van der Waals surface area contributed by atoms with Gasteiger partial charge in [0.25, 0.3) is 0 Å². The third-order valence-corrected chi connectivity index (χ3v) is 5.81. The molecule has 0 unspecified atom stereocenters. The summed E-state index contributed by atoms with van der Waals surface area (Å²) in [6.07, 6.45) is 2.07. The molecule has 3 rings (SSSR count). The first-order chi connectivity index (χ1) is 13.2. The second-order valence-corrected chi connectivity index (χ2v) is 7.51. The minimum atomic E-state index is 0. The highest BCUT2D eigenvalue weighted by Gasteiger charge is 2.35. The molecule has 1 aromatic carbocycles. The van der Waals surface area contributed by atoms with Crippen LogP contribution in [0.1, 0.15) is 24.0 Å². The zero-order chi connectivity index (χ0) is 19.0. The second-order valence-electron chi connectivity index (χ2n) is 7.51. The average Bonchev–Trinajstić information content (AvgIpc) is 2.72. The number of rotatable bonds is 6. The van der Waals surface area contributed by atoms with Gasteiger partial charge in [0.15, 0.2) is 5.96 Å². The Morgan fingerprint density at radius 1 is 1.07 bits per heavy atom. The molecule has 2 fully saturated rings. The van der Waals surface area contributed by atoms with Gasteiger partial charge in [-0.1, -0.05) is 24.3 Å². The Balaban J connectivity index is 0.00000280. The van der Waals surface area contributed by atoms with E-state index in [1.165, 1.54) is 11.1 Å². The molecule has 2 aliphatic rings. The molecule has 0 aromatic heterocycles. The summed E-state index contributed by atoms with van der Waals surface area (Å²) in [5.74, 6) is 0.878. The van der Waals surface area contributed by atoms with Gasteiger partial charge in [-0.05, 0) is 30.9 Å². The lowest BCUT2D eigenvalue weighted by atomic mass is 9.72. The van der Waals surface area contributed by atoms with Crippen LogP contribution in [0, 0.1) is 6.92 Å². The first-order valence-corrected chi connectivity index (χ1v) is 10.1. The smallest absolute Gasteiger partial charge is 0.191 e. The van der Waals surface area contributed by atoms with Crippen LogP contribution in [-0.2, 0) is 14.9 Å². The molecule has 0 saturated carbocycles. The monoisotopic (exact) mass is 502 g/mol. The molecule has 0 spiro atoms. The van der Waals surface area contributed by atoms with Crippen molar-refractivity contribution in [3.8, 4) is 0 Å². The number of nitrogens with zero attached hydrogens (tertiary/aromatic N) is 2. The largest absolute Gasteiger partial charge is 0.381 e. The highest BCUT2D eigenvalue weighted by molar-refractivity contribution is 14.0. The van der Waals surface area contributed by atoms with E-state index in [4.69, 9.17) is 9.47 Å². The van der Waals surface area contributed by atoms with Crippen molar-refractivity contribution in [1.82, 2.24) is 15.5 Å². The van der Waals surface area contributed by atoms with Crippen LogP contribution in [0.5, 0.6) is 0 Å². The molecule has 2 heterocycles. The number of ether oxygens (including phenoxy) is 2. The van der Waals surface area contributed by atoms with Crippen LogP contribution in [0.15, 0.2) is 29.3 Å². The van der Waals surface area contributed by atoms with Crippen molar-refractivity contribution in [2.75, 3.05) is 66.2 Å². The lowest BCUT2D eigenvalue weighted by molar-refractivity contribution is 0.0388. The van der Waals surface area contributed by atoms with Crippen molar-refractivity contribution >= 4 is 29.9 Å². The summed E-state index contributed by atoms with van der Waals surface area (Å²) in [5, 5.41) is 7.05. The van der Waals surface area contributed by atoms with Gasteiger partial charge in [-0.15, -0.1) is 24.0 Å². The summed E-state index contributed by atoms with van der Waals surface area (Å²) in [7, 11) is 1.84. The second kappa shape index (κ2) is 11.9. The summed E-state index contributed by atoms with van der Waals surface area (Å²) >= 11 is 0. The Kier molecular flexibility index (Phi) is 9.98. The first kappa shape index (κ1) is 23.4. The number of halogens is 1. The van der Waals surface area contributed by atoms with Crippen LogP contribution in [0.3, 0.4) is 0 Å². The maximum atomic E-state index is 5.66. The van der Waals surface area contributed by atoms with E-state index in [0.29, 0.717) is 0 Å². The van der Waals surface area contributed by atoms with Gasteiger partial charge in [-0.3, -0.25) is 9.89 Å². The molecule has 0 aliphatic carbocycles. The van der Waals surface area contributed by atoms with Crippen LogP contribution in [0.2, 0.25) is 0 Å². The molecular formula is C21H35IN4O2. The summed E-state index contributed by atoms with van der Waals surface area (Å²) < 4.78 is 11.1. The number of aryl methyl sites for hydroxylation is 1. The van der Waals surface area contributed by atoms with Crippen molar-refractivity contribution in [1.29, 1.82) is 0 Å². The van der Waals surface area contributed by atoms with E-state index < -0.39 is 0 Å². The molecular weight excluding hydrogens is 467 g/mol. The predicted molar refractivity (Wildman–Crippen MR) is 125 cm³/mol. The molecule has 0 bridgehead atoms. The van der Waals surface area contributed by atoms with E-state index in [9.17, 15) is 0 Å². The predicted octanol–water partition coefficient (Wildman–Crippen LogP) is 2.16. The summed E-state index contributed by atoms with van der Waals surface area (Å²) in [4.78, 5) is 6.85. The molecule has 7 heteroatoms. The van der Waals surface area contributed by atoms with E-state index >= 15 is 0 Å². The third kappa shape index (κ3) is 6.30. The number of morpholine rings is 1. The SMILES string of the molecule is CN=C(NCCN1CCOCC1)NCC1(c2ccccc2C)CCOCC1.I. The number of hydrogen-bond donors (Lipinski definition) is 2. The van der Waals surface area contributed by atoms with Crippen LogP contribution < -0.4 is 10.6 Å². The number of nitrogens with one attached hydrogen (secondary N) is 2. The molecule has 1 aromatic rings. The summed E-state index contributed by atoms with van der Waals surface area (Å²) in [6, 6.07) is 8.75. The van der Waals surface area contributed by atoms with E-state index in [2.05, 4.69) is 51.7 Å². The van der Waals surface area contributed by atoms with E-state index in [1.807, 2.05) is 7.05 Å².